The molecule has 2 aromatic rings. The second-order valence-corrected chi connectivity index (χ2v) is 4.82. The number of nitrogens with zero attached hydrogens (tertiary/aromatic N) is 1. The SMILES string of the molecule is CCOc1ccc(OCC(=O)Nc2ccc(NCCO)nc2)cc1. The highest BCUT2D eigenvalue weighted by Gasteiger charge is 2.05. The molecule has 1 amide bonds. The Kier molecular flexibility index (Phi) is 6.85. The van der Waals surface area contributed by atoms with Gasteiger partial charge in [0.25, 0.3) is 5.91 Å². The highest BCUT2D eigenvalue weighted by atomic mass is 16.5. The number of nitrogens with one attached hydrogen (secondary N) is 2. The molecule has 7 heteroatoms. The molecule has 0 atom stereocenters. The van der Waals surface area contributed by atoms with Gasteiger partial charge in [-0.05, 0) is 43.3 Å². The van der Waals surface area contributed by atoms with Crippen LogP contribution in [0.4, 0.5) is 11.5 Å². The van der Waals surface area contributed by atoms with Crippen molar-refractivity contribution in [3.63, 3.8) is 0 Å². The molecule has 0 saturated carbocycles. The molecule has 24 heavy (non-hydrogen) atoms. The molecule has 7 nitrogen and oxygen atoms in total. The minimum absolute atomic E-state index is 0.0308. The number of aromatic nitrogens is 1. The van der Waals surface area contributed by atoms with Gasteiger partial charge in [-0.15, -0.1) is 0 Å². The zero-order chi connectivity index (χ0) is 17.2. The van der Waals surface area contributed by atoms with Gasteiger partial charge in [-0.3, -0.25) is 4.79 Å². The van der Waals surface area contributed by atoms with Crippen LogP contribution < -0.4 is 20.1 Å². The first-order chi connectivity index (χ1) is 11.7. The number of hydrogen-bond acceptors (Lipinski definition) is 6. The summed E-state index contributed by atoms with van der Waals surface area (Å²) in [6.45, 7) is 2.87. The van der Waals surface area contributed by atoms with Crippen LogP contribution in [0, 0.1) is 0 Å². The first kappa shape index (κ1) is 17.6. The third-order valence-corrected chi connectivity index (χ3v) is 2.97. The molecule has 1 heterocycles. The molecule has 0 fully saturated rings. The Morgan fingerprint density at radius 3 is 2.42 bits per heavy atom. The Balaban J connectivity index is 1.78. The summed E-state index contributed by atoms with van der Waals surface area (Å²) in [5.41, 5.74) is 0.574. The zero-order valence-electron chi connectivity index (χ0n) is 13.5. The molecule has 0 saturated heterocycles. The molecule has 0 bridgehead atoms. The Labute approximate surface area is 140 Å². The summed E-state index contributed by atoms with van der Waals surface area (Å²) in [6, 6.07) is 10.5. The van der Waals surface area contributed by atoms with Gasteiger partial charge in [-0.25, -0.2) is 4.98 Å². The lowest BCUT2D eigenvalue weighted by atomic mass is 10.3. The fourth-order valence-electron chi connectivity index (χ4n) is 1.90. The fourth-order valence-corrected chi connectivity index (χ4v) is 1.90. The van der Waals surface area contributed by atoms with Crippen LogP contribution in [-0.2, 0) is 4.79 Å². The molecule has 1 aromatic heterocycles. The van der Waals surface area contributed by atoms with Crippen molar-refractivity contribution in [2.45, 2.75) is 6.92 Å². The van der Waals surface area contributed by atoms with E-state index in [4.69, 9.17) is 14.6 Å². The summed E-state index contributed by atoms with van der Waals surface area (Å²) in [6.07, 6.45) is 1.54. The van der Waals surface area contributed by atoms with E-state index >= 15 is 0 Å². The highest BCUT2D eigenvalue weighted by molar-refractivity contribution is 5.91. The Morgan fingerprint density at radius 1 is 1.12 bits per heavy atom. The van der Waals surface area contributed by atoms with Crippen molar-refractivity contribution in [2.24, 2.45) is 0 Å². The minimum atomic E-state index is -0.276. The van der Waals surface area contributed by atoms with Gasteiger partial charge in [0, 0.05) is 6.54 Å². The lowest BCUT2D eigenvalue weighted by molar-refractivity contribution is -0.118. The molecule has 2 rings (SSSR count). The van der Waals surface area contributed by atoms with Crippen LogP contribution in [0.2, 0.25) is 0 Å². The van der Waals surface area contributed by atoms with Crippen LogP contribution in [0.15, 0.2) is 42.6 Å². The molecule has 1 aromatic carbocycles. The second-order valence-electron chi connectivity index (χ2n) is 4.82. The maximum Gasteiger partial charge on any atom is 0.262 e. The van der Waals surface area contributed by atoms with Gasteiger partial charge in [-0.2, -0.15) is 0 Å². The number of rotatable bonds is 9. The van der Waals surface area contributed by atoms with Crippen LogP contribution in [-0.4, -0.2) is 42.4 Å². The molecule has 128 valence electrons. The number of amides is 1. The average molecular weight is 331 g/mol. The lowest BCUT2D eigenvalue weighted by Gasteiger charge is -2.09. The monoisotopic (exact) mass is 331 g/mol. The zero-order valence-corrected chi connectivity index (χ0v) is 13.5. The first-order valence-corrected chi connectivity index (χ1v) is 7.67. The number of carbonyl (C=O) groups is 1. The Hall–Kier alpha value is -2.80. The maximum atomic E-state index is 11.9. The van der Waals surface area contributed by atoms with Gasteiger partial charge in [0.15, 0.2) is 6.61 Å². The van der Waals surface area contributed by atoms with Crippen molar-refractivity contribution < 1.29 is 19.4 Å². The molecular formula is C17H21N3O4. The summed E-state index contributed by atoms with van der Waals surface area (Å²) < 4.78 is 10.8. The smallest absolute Gasteiger partial charge is 0.262 e. The van der Waals surface area contributed by atoms with E-state index in [0.29, 0.717) is 30.4 Å². The molecule has 0 aliphatic rings. The van der Waals surface area contributed by atoms with E-state index in [0.717, 1.165) is 5.75 Å². The lowest BCUT2D eigenvalue weighted by Crippen LogP contribution is -2.20. The van der Waals surface area contributed by atoms with E-state index in [9.17, 15) is 4.79 Å². The highest BCUT2D eigenvalue weighted by Crippen LogP contribution is 2.17. The molecule has 0 radical (unpaired) electrons. The normalized spacial score (nSPS) is 10.1. The quantitative estimate of drug-likeness (QED) is 0.650. The van der Waals surface area contributed by atoms with E-state index in [1.165, 1.54) is 6.20 Å². The molecule has 0 unspecified atom stereocenters. The van der Waals surface area contributed by atoms with E-state index < -0.39 is 0 Å². The van der Waals surface area contributed by atoms with Crippen LogP contribution in [0.1, 0.15) is 6.92 Å². The fraction of sp³-hybridized carbons (Fsp3) is 0.294. The van der Waals surface area contributed by atoms with E-state index in [1.54, 1.807) is 36.4 Å². The molecule has 0 aliphatic heterocycles. The summed E-state index contributed by atoms with van der Waals surface area (Å²) >= 11 is 0. The standard InChI is InChI=1S/C17H21N3O4/c1-2-23-14-4-6-15(7-5-14)24-12-17(22)20-13-3-8-16(19-11-13)18-9-10-21/h3-8,11,21H,2,9-10,12H2,1H3,(H,18,19)(H,20,22). The minimum Gasteiger partial charge on any atom is -0.494 e. The number of hydrogen-bond donors (Lipinski definition) is 3. The van der Waals surface area contributed by atoms with E-state index in [2.05, 4.69) is 15.6 Å². The number of benzene rings is 1. The van der Waals surface area contributed by atoms with Gasteiger partial charge in [0.2, 0.25) is 0 Å². The molecule has 0 aliphatic carbocycles. The largest absolute Gasteiger partial charge is 0.494 e. The third kappa shape index (κ3) is 5.77. The number of aliphatic hydroxyl groups is 1. The van der Waals surface area contributed by atoms with Crippen LogP contribution in [0.3, 0.4) is 0 Å². The number of anilines is 2. The van der Waals surface area contributed by atoms with Crippen molar-refractivity contribution in [3.05, 3.63) is 42.6 Å². The summed E-state index contributed by atoms with van der Waals surface area (Å²) in [4.78, 5) is 16.0. The van der Waals surface area contributed by atoms with Crippen LogP contribution in [0.25, 0.3) is 0 Å². The van der Waals surface area contributed by atoms with Gasteiger partial charge < -0.3 is 25.2 Å². The Morgan fingerprint density at radius 2 is 1.83 bits per heavy atom. The maximum absolute atomic E-state index is 11.9. The number of ether oxygens (including phenoxy) is 2. The van der Waals surface area contributed by atoms with E-state index in [1.807, 2.05) is 6.92 Å². The van der Waals surface area contributed by atoms with Gasteiger partial charge in [0.1, 0.15) is 17.3 Å². The van der Waals surface area contributed by atoms with Crippen LogP contribution >= 0.6 is 0 Å². The third-order valence-electron chi connectivity index (χ3n) is 2.97. The van der Waals surface area contributed by atoms with Crippen molar-refractivity contribution in [3.8, 4) is 11.5 Å². The summed E-state index contributed by atoms with van der Waals surface area (Å²) in [7, 11) is 0. The van der Waals surface area contributed by atoms with Crippen molar-refractivity contribution in [1.82, 2.24) is 4.98 Å². The van der Waals surface area contributed by atoms with Crippen LogP contribution in [0.5, 0.6) is 11.5 Å². The average Bonchev–Trinajstić information content (AvgIpc) is 2.61. The van der Waals surface area contributed by atoms with Gasteiger partial charge in [0.05, 0.1) is 25.1 Å². The number of aliphatic hydroxyl groups excluding tert-OH is 1. The van der Waals surface area contributed by atoms with E-state index in [-0.39, 0.29) is 19.1 Å². The van der Waals surface area contributed by atoms with Crippen molar-refractivity contribution >= 4 is 17.4 Å². The predicted octanol–water partition coefficient (Wildman–Crippen LogP) is 1.90. The predicted molar refractivity (Wildman–Crippen MR) is 91.5 cm³/mol. The first-order valence-electron chi connectivity index (χ1n) is 7.67. The summed E-state index contributed by atoms with van der Waals surface area (Å²) in [5.74, 6) is 1.71. The van der Waals surface area contributed by atoms with Gasteiger partial charge >= 0.3 is 0 Å². The summed E-state index contributed by atoms with van der Waals surface area (Å²) in [5, 5.41) is 14.4. The number of pyridine rings is 1. The van der Waals surface area contributed by atoms with Crippen molar-refractivity contribution in [2.75, 3.05) is 37.0 Å². The topological polar surface area (TPSA) is 92.7 Å². The van der Waals surface area contributed by atoms with Crippen molar-refractivity contribution in [1.29, 1.82) is 0 Å². The number of carbonyl (C=O) groups excluding carboxylic acids is 1. The second kappa shape index (κ2) is 9.36. The van der Waals surface area contributed by atoms with Gasteiger partial charge in [-0.1, -0.05) is 0 Å². The Bertz CT molecular complexity index is 629. The molecule has 0 spiro atoms. The molecule has 3 N–H and O–H groups in total. The molecular weight excluding hydrogens is 310 g/mol.